The molecule has 0 saturated carbocycles. The first-order chi connectivity index (χ1) is 15.6. The highest BCUT2D eigenvalue weighted by molar-refractivity contribution is 5.95. The van der Waals surface area contributed by atoms with Gasteiger partial charge < -0.3 is 14.8 Å². The molecule has 0 saturated heterocycles. The van der Waals surface area contributed by atoms with Crippen LogP contribution < -0.4 is 14.8 Å². The van der Waals surface area contributed by atoms with Crippen LogP contribution in [0.2, 0.25) is 0 Å². The number of hydrogen-bond donors (Lipinski definition) is 1. The van der Waals surface area contributed by atoms with Crippen LogP contribution in [-0.4, -0.2) is 23.0 Å². The number of rotatable bonds is 7. The van der Waals surface area contributed by atoms with Crippen LogP contribution in [0.5, 0.6) is 17.4 Å². The van der Waals surface area contributed by atoms with Gasteiger partial charge in [0.2, 0.25) is 5.88 Å². The van der Waals surface area contributed by atoms with Crippen molar-refractivity contribution >= 4 is 5.91 Å². The van der Waals surface area contributed by atoms with Gasteiger partial charge >= 0.3 is 0 Å². The first-order valence-electron chi connectivity index (χ1n) is 10.2. The molecule has 4 rings (SSSR count). The van der Waals surface area contributed by atoms with Crippen molar-refractivity contribution in [2.24, 2.45) is 0 Å². The fourth-order valence-electron chi connectivity index (χ4n) is 3.09. The van der Waals surface area contributed by atoms with E-state index in [0.717, 1.165) is 16.9 Å². The lowest BCUT2D eigenvalue weighted by molar-refractivity contribution is 0.0951. The van der Waals surface area contributed by atoms with Crippen LogP contribution >= 0.6 is 0 Å². The Morgan fingerprint density at radius 3 is 2.44 bits per heavy atom. The first-order valence-corrected chi connectivity index (χ1v) is 10.2. The molecule has 160 valence electrons. The van der Waals surface area contributed by atoms with Crippen molar-refractivity contribution in [3.05, 3.63) is 102 Å². The Morgan fingerprint density at radius 1 is 0.938 bits per heavy atom. The maximum Gasteiger partial charge on any atom is 0.251 e. The molecule has 0 bridgehead atoms. The van der Waals surface area contributed by atoms with Crippen molar-refractivity contribution in [3.8, 4) is 28.8 Å². The summed E-state index contributed by atoms with van der Waals surface area (Å²) in [6.45, 7) is 2.50. The fourth-order valence-corrected chi connectivity index (χ4v) is 3.09. The van der Waals surface area contributed by atoms with Crippen LogP contribution in [0.3, 0.4) is 0 Å². The van der Waals surface area contributed by atoms with E-state index >= 15 is 0 Å². The molecule has 1 amide bonds. The smallest absolute Gasteiger partial charge is 0.251 e. The molecule has 0 aliphatic rings. The summed E-state index contributed by atoms with van der Waals surface area (Å²) >= 11 is 0. The van der Waals surface area contributed by atoms with E-state index in [1.165, 1.54) is 5.56 Å². The second kappa shape index (κ2) is 9.75. The number of nitrogens with one attached hydrogen (secondary N) is 1. The Kier molecular flexibility index (Phi) is 6.41. The van der Waals surface area contributed by atoms with Crippen molar-refractivity contribution in [2.75, 3.05) is 7.11 Å². The third-order valence-electron chi connectivity index (χ3n) is 4.87. The number of hydrogen-bond acceptors (Lipinski definition) is 5. The lowest BCUT2D eigenvalue weighted by atomic mass is 10.1. The average molecular weight is 425 g/mol. The molecule has 4 aromatic rings. The zero-order valence-corrected chi connectivity index (χ0v) is 17.9. The summed E-state index contributed by atoms with van der Waals surface area (Å²) in [6.07, 6.45) is 1.63. The van der Waals surface area contributed by atoms with Crippen LogP contribution in [0.15, 0.2) is 85.1 Å². The van der Waals surface area contributed by atoms with Crippen molar-refractivity contribution in [1.82, 2.24) is 15.3 Å². The van der Waals surface area contributed by atoms with Gasteiger partial charge in [0.05, 0.1) is 7.11 Å². The summed E-state index contributed by atoms with van der Waals surface area (Å²) in [5, 5.41) is 2.95. The number of benzene rings is 3. The minimum atomic E-state index is -0.155. The molecule has 0 spiro atoms. The van der Waals surface area contributed by atoms with Crippen LogP contribution in [0.25, 0.3) is 11.4 Å². The molecular weight excluding hydrogens is 402 g/mol. The number of methoxy groups -OCH3 is 1. The summed E-state index contributed by atoms with van der Waals surface area (Å²) in [5.41, 5.74) is 3.51. The second-order valence-corrected chi connectivity index (χ2v) is 7.25. The quantitative estimate of drug-likeness (QED) is 0.441. The second-order valence-electron chi connectivity index (χ2n) is 7.25. The summed E-state index contributed by atoms with van der Waals surface area (Å²) < 4.78 is 11.0. The minimum Gasteiger partial charge on any atom is -0.497 e. The van der Waals surface area contributed by atoms with Gasteiger partial charge in [0.25, 0.3) is 5.91 Å². The number of aromatic nitrogens is 2. The summed E-state index contributed by atoms with van der Waals surface area (Å²) in [5.74, 6) is 2.12. The van der Waals surface area contributed by atoms with E-state index in [9.17, 15) is 4.79 Å². The summed E-state index contributed by atoms with van der Waals surface area (Å²) in [7, 11) is 1.61. The number of aryl methyl sites for hydroxylation is 1. The Morgan fingerprint density at radius 2 is 1.69 bits per heavy atom. The zero-order valence-electron chi connectivity index (χ0n) is 17.9. The number of ether oxygens (including phenoxy) is 2. The van der Waals surface area contributed by atoms with E-state index in [2.05, 4.69) is 15.3 Å². The molecule has 0 aliphatic carbocycles. The predicted octanol–water partition coefficient (Wildman–Crippen LogP) is 5.18. The fraction of sp³-hybridized carbons (Fsp3) is 0.115. The maximum absolute atomic E-state index is 12.6. The SMILES string of the molecule is COc1ccc(Oc2ccnc(-c3cccc(C(=O)NCc4ccc(C)cc4)c3)n2)cc1. The summed E-state index contributed by atoms with van der Waals surface area (Å²) in [4.78, 5) is 21.5. The first kappa shape index (κ1) is 21.1. The van der Waals surface area contributed by atoms with Crippen molar-refractivity contribution < 1.29 is 14.3 Å². The van der Waals surface area contributed by atoms with Gasteiger partial charge in [-0.2, -0.15) is 4.98 Å². The molecule has 0 atom stereocenters. The molecule has 0 fully saturated rings. The molecule has 3 aromatic carbocycles. The van der Waals surface area contributed by atoms with Gasteiger partial charge in [0.15, 0.2) is 5.82 Å². The lowest BCUT2D eigenvalue weighted by Gasteiger charge is -2.09. The monoisotopic (exact) mass is 425 g/mol. The topological polar surface area (TPSA) is 73.3 Å². The Bertz CT molecular complexity index is 1210. The van der Waals surface area contributed by atoms with Gasteiger partial charge in [-0.15, -0.1) is 0 Å². The van der Waals surface area contributed by atoms with Crippen LogP contribution in [0.1, 0.15) is 21.5 Å². The molecule has 6 heteroatoms. The molecule has 1 N–H and O–H groups in total. The highest BCUT2D eigenvalue weighted by Gasteiger charge is 2.10. The van der Waals surface area contributed by atoms with Crippen LogP contribution in [0.4, 0.5) is 0 Å². The summed E-state index contributed by atoms with van der Waals surface area (Å²) in [6, 6.07) is 24.2. The van der Waals surface area contributed by atoms with E-state index < -0.39 is 0 Å². The standard InChI is InChI=1S/C26H23N3O3/c1-18-6-8-19(9-7-18)17-28-26(30)21-5-3-4-20(16-21)25-27-15-14-24(29-25)32-23-12-10-22(31-2)11-13-23/h3-16H,17H2,1-2H3,(H,28,30). The highest BCUT2D eigenvalue weighted by Crippen LogP contribution is 2.24. The Labute approximate surface area is 186 Å². The average Bonchev–Trinajstić information content (AvgIpc) is 2.84. The van der Waals surface area contributed by atoms with Gasteiger partial charge in [-0.05, 0) is 48.9 Å². The third-order valence-corrected chi connectivity index (χ3v) is 4.87. The van der Waals surface area contributed by atoms with E-state index in [4.69, 9.17) is 9.47 Å². The molecule has 0 radical (unpaired) electrons. The normalized spacial score (nSPS) is 10.4. The predicted molar refractivity (Wildman–Crippen MR) is 123 cm³/mol. The number of amides is 1. The maximum atomic E-state index is 12.6. The van der Waals surface area contributed by atoms with Crippen molar-refractivity contribution in [1.29, 1.82) is 0 Å². The molecule has 1 aromatic heterocycles. The van der Waals surface area contributed by atoms with Crippen molar-refractivity contribution in [2.45, 2.75) is 13.5 Å². The molecule has 32 heavy (non-hydrogen) atoms. The Balaban J connectivity index is 1.46. The van der Waals surface area contributed by atoms with E-state index in [1.807, 2.05) is 55.5 Å². The van der Waals surface area contributed by atoms with E-state index in [-0.39, 0.29) is 5.91 Å². The molecule has 6 nitrogen and oxygen atoms in total. The van der Waals surface area contributed by atoms with Gasteiger partial charge in [0, 0.05) is 29.9 Å². The molecular formula is C26H23N3O3. The Hall–Kier alpha value is -4.19. The van der Waals surface area contributed by atoms with Gasteiger partial charge in [-0.25, -0.2) is 4.98 Å². The minimum absolute atomic E-state index is 0.155. The number of carbonyl (C=O) groups excluding carboxylic acids is 1. The van der Waals surface area contributed by atoms with Gasteiger partial charge in [-0.3, -0.25) is 4.79 Å². The highest BCUT2D eigenvalue weighted by atomic mass is 16.5. The van der Waals surface area contributed by atoms with Crippen molar-refractivity contribution in [3.63, 3.8) is 0 Å². The molecule has 0 aliphatic heterocycles. The zero-order chi connectivity index (χ0) is 22.3. The van der Waals surface area contributed by atoms with Gasteiger partial charge in [0.1, 0.15) is 11.5 Å². The largest absolute Gasteiger partial charge is 0.497 e. The van der Waals surface area contributed by atoms with Crippen LogP contribution in [0, 0.1) is 6.92 Å². The molecule has 1 heterocycles. The van der Waals surface area contributed by atoms with E-state index in [1.54, 1.807) is 43.6 Å². The van der Waals surface area contributed by atoms with Gasteiger partial charge in [-0.1, -0.05) is 42.0 Å². The lowest BCUT2D eigenvalue weighted by Crippen LogP contribution is -2.22. The molecule has 0 unspecified atom stereocenters. The van der Waals surface area contributed by atoms with E-state index in [0.29, 0.717) is 29.6 Å². The number of carbonyl (C=O) groups is 1. The number of nitrogens with zero attached hydrogens (tertiary/aromatic N) is 2. The van der Waals surface area contributed by atoms with Crippen LogP contribution in [-0.2, 0) is 6.54 Å². The third kappa shape index (κ3) is 5.29.